The highest BCUT2D eigenvalue weighted by molar-refractivity contribution is 7.20. The summed E-state index contributed by atoms with van der Waals surface area (Å²) < 4.78 is 5.58. The number of morpholine rings is 1. The van der Waals surface area contributed by atoms with Crippen LogP contribution < -0.4 is 5.32 Å². The van der Waals surface area contributed by atoms with Gasteiger partial charge in [0.05, 0.1) is 36.2 Å². The number of carbonyl (C=O) groups is 1. The second kappa shape index (κ2) is 7.32. The Morgan fingerprint density at radius 1 is 1.55 bits per heavy atom. The van der Waals surface area contributed by atoms with Crippen molar-refractivity contribution >= 4 is 28.6 Å². The van der Waals surface area contributed by atoms with Crippen LogP contribution in [0.25, 0.3) is 9.88 Å². The van der Waals surface area contributed by atoms with Gasteiger partial charge in [0.2, 0.25) is 5.91 Å². The van der Waals surface area contributed by atoms with E-state index in [0.717, 1.165) is 23.8 Å². The predicted molar refractivity (Wildman–Crippen MR) is 89.1 cm³/mol. The smallest absolute Gasteiger partial charge is 0.225 e. The van der Waals surface area contributed by atoms with Crippen molar-refractivity contribution in [3.05, 3.63) is 28.6 Å². The topological polar surface area (TPSA) is 54.5 Å². The summed E-state index contributed by atoms with van der Waals surface area (Å²) in [6.07, 6.45) is 0.409. The van der Waals surface area contributed by atoms with Crippen LogP contribution in [0, 0.1) is 0 Å². The third-order valence-corrected chi connectivity index (χ3v) is 5.45. The highest BCUT2D eigenvalue weighted by Gasteiger charge is 2.20. The molecular weight excluding hydrogens is 318 g/mol. The molecule has 0 saturated carbocycles. The predicted octanol–water partition coefficient (Wildman–Crippen LogP) is 2.21. The first kappa shape index (κ1) is 15.6. The molecule has 3 rings (SSSR count). The van der Waals surface area contributed by atoms with E-state index in [1.807, 2.05) is 23.9 Å². The molecule has 2 aromatic rings. The van der Waals surface area contributed by atoms with Crippen LogP contribution in [0.4, 0.5) is 0 Å². The van der Waals surface area contributed by atoms with Crippen LogP contribution in [0.3, 0.4) is 0 Å². The molecule has 1 atom stereocenters. The van der Waals surface area contributed by atoms with E-state index in [0.29, 0.717) is 19.6 Å². The van der Waals surface area contributed by atoms with Crippen LogP contribution in [-0.4, -0.2) is 48.6 Å². The van der Waals surface area contributed by atoms with E-state index in [1.165, 1.54) is 4.88 Å². The van der Waals surface area contributed by atoms with Crippen LogP contribution in [-0.2, 0) is 16.1 Å². The van der Waals surface area contributed by atoms with Gasteiger partial charge < -0.3 is 15.0 Å². The molecule has 5 nitrogen and oxygen atoms in total. The fourth-order valence-electron chi connectivity index (χ4n) is 2.33. The van der Waals surface area contributed by atoms with E-state index >= 15 is 0 Å². The largest absolute Gasteiger partial charge is 0.375 e. The maximum absolute atomic E-state index is 12.2. The maximum atomic E-state index is 12.2. The Balaban J connectivity index is 1.54. The molecule has 118 valence electrons. The SMILES string of the molecule is CN(Cc1csc(-c2cccs2)n1)C(=O)CC1CNCCO1. The lowest BCUT2D eigenvalue weighted by atomic mass is 10.2. The van der Waals surface area contributed by atoms with Gasteiger partial charge in [-0.1, -0.05) is 6.07 Å². The van der Waals surface area contributed by atoms with Crippen molar-refractivity contribution in [1.82, 2.24) is 15.2 Å². The molecule has 1 aliphatic heterocycles. The van der Waals surface area contributed by atoms with Gasteiger partial charge in [-0.05, 0) is 11.4 Å². The average molecular weight is 337 g/mol. The molecule has 22 heavy (non-hydrogen) atoms. The van der Waals surface area contributed by atoms with Gasteiger partial charge in [-0.3, -0.25) is 4.79 Å². The molecule has 1 unspecified atom stereocenters. The molecule has 0 aliphatic carbocycles. The normalized spacial score (nSPS) is 18.3. The highest BCUT2D eigenvalue weighted by atomic mass is 32.1. The maximum Gasteiger partial charge on any atom is 0.225 e. The van der Waals surface area contributed by atoms with E-state index < -0.39 is 0 Å². The quantitative estimate of drug-likeness (QED) is 0.909. The van der Waals surface area contributed by atoms with Gasteiger partial charge in [-0.2, -0.15) is 0 Å². The molecule has 0 bridgehead atoms. The van der Waals surface area contributed by atoms with E-state index in [1.54, 1.807) is 27.6 Å². The zero-order valence-corrected chi connectivity index (χ0v) is 14.1. The minimum atomic E-state index is -0.0131. The lowest BCUT2D eigenvalue weighted by molar-refractivity contribution is -0.134. The van der Waals surface area contributed by atoms with Gasteiger partial charge in [-0.15, -0.1) is 22.7 Å². The number of nitrogens with one attached hydrogen (secondary N) is 1. The Morgan fingerprint density at radius 2 is 2.45 bits per heavy atom. The molecule has 3 heterocycles. The number of thiazole rings is 1. The van der Waals surface area contributed by atoms with Crippen molar-refractivity contribution < 1.29 is 9.53 Å². The number of nitrogens with zero attached hydrogens (tertiary/aromatic N) is 2. The number of hydrogen-bond acceptors (Lipinski definition) is 6. The van der Waals surface area contributed by atoms with E-state index in [9.17, 15) is 4.79 Å². The summed E-state index contributed by atoms with van der Waals surface area (Å²) in [5.41, 5.74) is 0.937. The monoisotopic (exact) mass is 337 g/mol. The fraction of sp³-hybridized carbons (Fsp3) is 0.467. The summed E-state index contributed by atoms with van der Waals surface area (Å²) in [5.74, 6) is 0.0966. The Bertz CT molecular complexity index is 606. The molecule has 1 fully saturated rings. The molecule has 7 heteroatoms. The molecule has 0 spiro atoms. The molecule has 0 radical (unpaired) electrons. The zero-order valence-electron chi connectivity index (χ0n) is 12.4. The Labute approximate surface area is 137 Å². The van der Waals surface area contributed by atoms with Crippen molar-refractivity contribution in [3.8, 4) is 9.88 Å². The van der Waals surface area contributed by atoms with Gasteiger partial charge in [0.15, 0.2) is 0 Å². The first-order valence-electron chi connectivity index (χ1n) is 7.27. The lowest BCUT2D eigenvalue weighted by Crippen LogP contribution is -2.41. The highest BCUT2D eigenvalue weighted by Crippen LogP contribution is 2.28. The second-order valence-corrected chi connectivity index (χ2v) is 7.08. The van der Waals surface area contributed by atoms with Crippen molar-refractivity contribution in [3.63, 3.8) is 0 Å². The number of carbonyl (C=O) groups excluding carboxylic acids is 1. The van der Waals surface area contributed by atoms with E-state index in [4.69, 9.17) is 4.74 Å². The van der Waals surface area contributed by atoms with Crippen LogP contribution >= 0.6 is 22.7 Å². The molecule has 1 aliphatic rings. The molecule has 2 aromatic heterocycles. The van der Waals surface area contributed by atoms with Gasteiger partial charge in [0, 0.05) is 25.5 Å². The number of thiophene rings is 1. The third kappa shape index (κ3) is 3.92. The van der Waals surface area contributed by atoms with E-state index in [2.05, 4.69) is 16.4 Å². The molecule has 1 saturated heterocycles. The van der Waals surface area contributed by atoms with Gasteiger partial charge >= 0.3 is 0 Å². The minimum Gasteiger partial charge on any atom is -0.375 e. The molecular formula is C15H19N3O2S2. The third-order valence-electron chi connectivity index (χ3n) is 3.52. The summed E-state index contributed by atoms with van der Waals surface area (Å²) >= 11 is 3.31. The van der Waals surface area contributed by atoms with Crippen LogP contribution in [0.5, 0.6) is 0 Å². The fourth-order valence-corrected chi connectivity index (χ4v) is 3.95. The zero-order chi connectivity index (χ0) is 15.4. The summed E-state index contributed by atoms with van der Waals surface area (Å²) in [6.45, 7) is 2.84. The summed E-state index contributed by atoms with van der Waals surface area (Å²) in [6, 6.07) is 4.09. The van der Waals surface area contributed by atoms with Crippen LogP contribution in [0.15, 0.2) is 22.9 Å². The first-order valence-corrected chi connectivity index (χ1v) is 9.03. The number of amides is 1. The number of hydrogen-bond donors (Lipinski definition) is 1. The van der Waals surface area contributed by atoms with Gasteiger partial charge in [0.25, 0.3) is 0 Å². The van der Waals surface area contributed by atoms with Crippen LogP contribution in [0.1, 0.15) is 12.1 Å². The Hall–Kier alpha value is -1.28. The standard InChI is InChI=1S/C15H19N3O2S2/c1-18(14(19)7-12-8-16-4-5-20-12)9-11-10-22-15(17-11)13-3-2-6-21-13/h2-3,6,10,12,16H,4-5,7-9H2,1H3. The summed E-state index contributed by atoms with van der Waals surface area (Å²) in [7, 11) is 1.82. The summed E-state index contributed by atoms with van der Waals surface area (Å²) in [5, 5.41) is 8.33. The van der Waals surface area contributed by atoms with Crippen molar-refractivity contribution in [2.24, 2.45) is 0 Å². The number of ether oxygens (including phenoxy) is 1. The van der Waals surface area contributed by atoms with Gasteiger partial charge in [0.1, 0.15) is 5.01 Å². The minimum absolute atomic E-state index is 0.0131. The molecule has 1 N–H and O–H groups in total. The summed E-state index contributed by atoms with van der Waals surface area (Å²) in [4.78, 5) is 19.8. The Morgan fingerprint density at radius 3 is 3.18 bits per heavy atom. The first-order chi connectivity index (χ1) is 10.7. The van der Waals surface area contributed by atoms with E-state index in [-0.39, 0.29) is 12.0 Å². The van der Waals surface area contributed by atoms with Crippen LogP contribution in [0.2, 0.25) is 0 Å². The van der Waals surface area contributed by atoms with Crippen molar-refractivity contribution in [2.75, 3.05) is 26.7 Å². The lowest BCUT2D eigenvalue weighted by Gasteiger charge is -2.25. The number of rotatable bonds is 5. The average Bonchev–Trinajstić information content (AvgIpc) is 3.19. The Kier molecular flexibility index (Phi) is 5.20. The van der Waals surface area contributed by atoms with Crippen molar-refractivity contribution in [2.45, 2.75) is 19.1 Å². The number of aromatic nitrogens is 1. The molecule has 0 aromatic carbocycles. The van der Waals surface area contributed by atoms with Gasteiger partial charge in [-0.25, -0.2) is 4.98 Å². The van der Waals surface area contributed by atoms with Crippen molar-refractivity contribution in [1.29, 1.82) is 0 Å². The second-order valence-electron chi connectivity index (χ2n) is 5.27. The molecule has 1 amide bonds.